The third-order valence-electron chi connectivity index (χ3n) is 2.63. The molecular weight excluding hydrogens is 302 g/mol. The highest BCUT2D eigenvalue weighted by Crippen LogP contribution is 2.21. The Morgan fingerprint density at radius 3 is 2.45 bits per heavy atom. The summed E-state index contributed by atoms with van der Waals surface area (Å²) in [5, 5.41) is 6.34. The van der Waals surface area contributed by atoms with Crippen LogP contribution < -0.4 is 10.6 Å². The van der Waals surface area contributed by atoms with E-state index in [-0.39, 0.29) is 10.8 Å². The lowest BCUT2D eigenvalue weighted by atomic mass is 10.2. The maximum absolute atomic E-state index is 13.5. The van der Waals surface area contributed by atoms with Crippen molar-refractivity contribution in [1.29, 1.82) is 0 Å². The molecule has 0 fully saturated rings. The zero-order chi connectivity index (χ0) is 14.7. The summed E-state index contributed by atoms with van der Waals surface area (Å²) >= 11 is 11.0. The van der Waals surface area contributed by atoms with Crippen LogP contribution in [0.25, 0.3) is 0 Å². The van der Waals surface area contributed by atoms with Gasteiger partial charge in [0.05, 0.1) is 5.69 Å². The van der Waals surface area contributed by atoms with Gasteiger partial charge in [0, 0.05) is 16.8 Å². The third-order valence-corrected chi connectivity index (χ3v) is 3.07. The van der Waals surface area contributed by atoms with Crippen molar-refractivity contribution >= 4 is 40.3 Å². The van der Waals surface area contributed by atoms with E-state index in [1.165, 1.54) is 6.07 Å². The minimum atomic E-state index is -0.711. The second-order valence-electron chi connectivity index (χ2n) is 4.16. The maximum atomic E-state index is 13.5. The number of hydrogen-bond donors (Lipinski definition) is 2. The van der Waals surface area contributed by atoms with Crippen LogP contribution in [0, 0.1) is 18.6 Å². The van der Waals surface area contributed by atoms with Gasteiger partial charge in [-0.25, -0.2) is 8.78 Å². The molecule has 0 bridgehead atoms. The van der Waals surface area contributed by atoms with Crippen LogP contribution in [-0.4, -0.2) is 5.11 Å². The van der Waals surface area contributed by atoms with Gasteiger partial charge in [-0.05, 0) is 49.0 Å². The molecule has 6 heteroatoms. The van der Waals surface area contributed by atoms with Gasteiger partial charge in [0.2, 0.25) is 0 Å². The van der Waals surface area contributed by atoms with Crippen LogP contribution in [-0.2, 0) is 0 Å². The van der Waals surface area contributed by atoms with E-state index >= 15 is 0 Å². The maximum Gasteiger partial charge on any atom is 0.175 e. The largest absolute Gasteiger partial charge is 0.332 e. The first kappa shape index (κ1) is 14.7. The molecular formula is C14H11ClF2N2S. The summed E-state index contributed by atoms with van der Waals surface area (Å²) in [4.78, 5) is 0. The smallest absolute Gasteiger partial charge is 0.175 e. The molecule has 0 amide bonds. The zero-order valence-corrected chi connectivity index (χ0v) is 12.1. The van der Waals surface area contributed by atoms with E-state index in [0.717, 1.165) is 23.4 Å². The van der Waals surface area contributed by atoms with Gasteiger partial charge in [0.15, 0.2) is 5.11 Å². The lowest BCUT2D eigenvalue weighted by Crippen LogP contribution is -2.20. The summed E-state index contributed by atoms with van der Waals surface area (Å²) in [5.74, 6) is -1.35. The van der Waals surface area contributed by atoms with Crippen molar-refractivity contribution < 1.29 is 8.78 Å². The molecule has 2 aromatic carbocycles. The molecule has 0 radical (unpaired) electrons. The summed E-state index contributed by atoms with van der Waals surface area (Å²) in [6.07, 6.45) is 0. The lowest BCUT2D eigenvalue weighted by Gasteiger charge is -2.13. The molecule has 0 spiro atoms. The number of aryl methyl sites for hydroxylation is 1. The Hall–Kier alpha value is -1.72. The van der Waals surface area contributed by atoms with Gasteiger partial charge >= 0.3 is 0 Å². The summed E-state index contributed by atoms with van der Waals surface area (Å²) in [6.45, 7) is 1.89. The molecule has 0 unspecified atom stereocenters. The molecule has 2 N–H and O–H groups in total. The average Bonchev–Trinajstić information content (AvgIpc) is 2.37. The predicted molar refractivity (Wildman–Crippen MR) is 82.4 cm³/mol. The first-order chi connectivity index (χ1) is 9.45. The summed E-state index contributed by atoms with van der Waals surface area (Å²) < 4.78 is 26.3. The highest BCUT2D eigenvalue weighted by Gasteiger charge is 2.07. The fraction of sp³-hybridized carbons (Fsp3) is 0.0714. The zero-order valence-electron chi connectivity index (χ0n) is 10.5. The molecule has 104 valence electrons. The quantitative estimate of drug-likeness (QED) is 0.784. The minimum absolute atomic E-state index is 0.101. The number of benzene rings is 2. The van der Waals surface area contributed by atoms with Gasteiger partial charge in [-0.3, -0.25) is 0 Å². The first-order valence-electron chi connectivity index (χ1n) is 5.75. The van der Waals surface area contributed by atoms with Gasteiger partial charge in [-0.2, -0.15) is 0 Å². The van der Waals surface area contributed by atoms with Crippen molar-refractivity contribution in [2.45, 2.75) is 6.92 Å². The number of halogens is 3. The Bertz CT molecular complexity index is 662. The molecule has 0 aromatic heterocycles. The molecule has 0 atom stereocenters. The third kappa shape index (κ3) is 3.65. The Kier molecular flexibility index (Phi) is 4.52. The van der Waals surface area contributed by atoms with E-state index in [4.69, 9.17) is 23.8 Å². The van der Waals surface area contributed by atoms with Crippen LogP contribution >= 0.6 is 23.8 Å². The first-order valence-corrected chi connectivity index (χ1v) is 6.53. The average molecular weight is 313 g/mol. The van der Waals surface area contributed by atoms with Crippen molar-refractivity contribution in [3.8, 4) is 0 Å². The number of rotatable bonds is 2. The molecule has 0 heterocycles. The second kappa shape index (κ2) is 6.15. The highest BCUT2D eigenvalue weighted by atomic mass is 35.5. The molecule has 0 saturated heterocycles. The molecule has 2 nitrogen and oxygen atoms in total. The monoisotopic (exact) mass is 312 g/mol. The lowest BCUT2D eigenvalue weighted by molar-refractivity contribution is 0.586. The number of nitrogens with one attached hydrogen (secondary N) is 2. The Morgan fingerprint density at radius 1 is 1.05 bits per heavy atom. The van der Waals surface area contributed by atoms with Crippen LogP contribution in [0.2, 0.25) is 5.02 Å². The normalized spacial score (nSPS) is 10.2. The molecule has 0 aliphatic rings. The van der Waals surface area contributed by atoms with Gasteiger partial charge in [-0.1, -0.05) is 17.7 Å². The van der Waals surface area contributed by atoms with Crippen molar-refractivity contribution in [1.82, 2.24) is 0 Å². The van der Waals surface area contributed by atoms with Crippen LogP contribution in [0.3, 0.4) is 0 Å². The topological polar surface area (TPSA) is 24.1 Å². The second-order valence-corrected chi connectivity index (χ2v) is 5.01. The van der Waals surface area contributed by atoms with Crippen LogP contribution in [0.1, 0.15) is 5.56 Å². The van der Waals surface area contributed by atoms with E-state index < -0.39 is 11.6 Å². The molecule has 0 aliphatic carbocycles. The van der Waals surface area contributed by atoms with Crippen LogP contribution in [0.5, 0.6) is 0 Å². The van der Waals surface area contributed by atoms with Crippen molar-refractivity contribution in [3.63, 3.8) is 0 Å². The number of hydrogen-bond acceptors (Lipinski definition) is 1. The number of anilines is 2. The molecule has 2 rings (SSSR count). The predicted octanol–water partition coefficient (Wildman–Crippen LogP) is 4.74. The molecule has 20 heavy (non-hydrogen) atoms. The SMILES string of the molecule is Cc1ccc(Cl)cc1NC(=S)Nc1ccc(F)cc1F. The van der Waals surface area contributed by atoms with Gasteiger partial charge < -0.3 is 10.6 Å². The van der Waals surface area contributed by atoms with E-state index in [9.17, 15) is 8.78 Å². The van der Waals surface area contributed by atoms with E-state index in [1.807, 2.05) is 13.0 Å². The highest BCUT2D eigenvalue weighted by molar-refractivity contribution is 7.80. The summed E-state index contributed by atoms with van der Waals surface area (Å²) in [6, 6.07) is 8.54. The molecule has 2 aromatic rings. The van der Waals surface area contributed by atoms with E-state index in [1.54, 1.807) is 12.1 Å². The van der Waals surface area contributed by atoms with Crippen molar-refractivity contribution in [2.75, 3.05) is 10.6 Å². The van der Waals surface area contributed by atoms with Gasteiger partial charge in [0.1, 0.15) is 11.6 Å². The fourth-order valence-corrected chi connectivity index (χ4v) is 1.99. The van der Waals surface area contributed by atoms with Gasteiger partial charge in [-0.15, -0.1) is 0 Å². The minimum Gasteiger partial charge on any atom is -0.332 e. The molecule has 0 aliphatic heterocycles. The molecule has 0 saturated carbocycles. The Balaban J connectivity index is 2.11. The van der Waals surface area contributed by atoms with Crippen LogP contribution in [0.4, 0.5) is 20.2 Å². The van der Waals surface area contributed by atoms with E-state index in [2.05, 4.69) is 10.6 Å². The number of thiocarbonyl (C=S) groups is 1. The van der Waals surface area contributed by atoms with Crippen LogP contribution in [0.15, 0.2) is 36.4 Å². The van der Waals surface area contributed by atoms with Crippen molar-refractivity contribution in [3.05, 3.63) is 58.6 Å². The Labute approximate surface area is 125 Å². The van der Waals surface area contributed by atoms with E-state index in [0.29, 0.717) is 5.02 Å². The summed E-state index contributed by atoms with van der Waals surface area (Å²) in [5.41, 5.74) is 1.76. The standard InChI is InChI=1S/C14H11ClF2N2S/c1-8-2-3-9(15)6-13(8)19-14(20)18-12-5-4-10(16)7-11(12)17/h2-7H,1H3,(H2,18,19,20). The van der Waals surface area contributed by atoms with Gasteiger partial charge in [0.25, 0.3) is 0 Å². The Morgan fingerprint density at radius 2 is 1.75 bits per heavy atom. The fourth-order valence-electron chi connectivity index (χ4n) is 1.60. The van der Waals surface area contributed by atoms with Crippen molar-refractivity contribution in [2.24, 2.45) is 0 Å². The summed E-state index contributed by atoms with van der Waals surface area (Å²) in [7, 11) is 0.